The van der Waals surface area contributed by atoms with Crippen molar-refractivity contribution in [1.29, 1.82) is 0 Å². The number of ketones is 3. The Labute approximate surface area is 712 Å². The lowest BCUT2D eigenvalue weighted by Crippen LogP contribution is -2.58. The standard InChI is InChI=1S/C88H134N12O21/c1-63(17-11-9-12-18-64(2)79(109-8)55-73-24-19-68(6)88(108,121-73)84(106)87(107)99-31-13-10-14-32-99)51-65(3)76(104)56-77(105)67(5)52-66(4)75(103)54-72(120-62-102)27-22-69-20-25-71(26-21-69)118-50-49-117-48-47-116-46-45-115-44-43-114-42-41-113-40-39-112-38-37-111-36-35-110-34-16-15-30-98(33-29-92-61-101)80-57-81(94-59-93-80)100-86-82(85(90)95-60-96-86)83(97-100)70-23-28-78(119-58-89)74(53-70)91-7/h9,11-12,17-18,23,28,52-53,57,59-63,65-66,68-69,71-73,77,79,105,108H,7,10,13-16,19-22,24-27,29-51,54-56,58,89H2,1-6,8H3,(H,92,101)(H2,90,95,96)/b12-9+,17-11+,64-18+,67-52+/t63?,65?,66?,68-,69?,71?,72?,73?,77?,79?,88-/m1/s1. The number of aliphatic imine (C=N–C) groups is 1. The van der Waals surface area contributed by atoms with Gasteiger partial charge in [0, 0.05) is 95.1 Å². The van der Waals surface area contributed by atoms with Crippen molar-refractivity contribution >= 4 is 71.2 Å². The minimum absolute atomic E-state index is 0.0260. The van der Waals surface area contributed by atoms with Crippen LogP contribution in [0.15, 0.2) is 89.5 Å². The number of ether oxygens (including phenoxy) is 13. The normalized spacial score (nSPS) is 19.5. The third-order valence-electron chi connectivity index (χ3n) is 22.0. The highest BCUT2D eigenvalue weighted by Gasteiger charge is 2.52. The third-order valence-corrected chi connectivity index (χ3v) is 22.0. The number of amides is 2. The van der Waals surface area contributed by atoms with Gasteiger partial charge in [0.1, 0.15) is 65.8 Å². The third kappa shape index (κ3) is 34.8. The quantitative estimate of drug-likeness (QED) is 0.00523. The molecule has 33 heteroatoms. The van der Waals surface area contributed by atoms with Gasteiger partial charge in [0.25, 0.3) is 18.2 Å². The number of nitrogen functional groups attached to an aromatic ring is 1. The lowest BCUT2D eigenvalue weighted by Gasteiger charge is -2.42. The number of nitrogens with two attached hydrogens (primary N) is 2. The summed E-state index contributed by atoms with van der Waals surface area (Å²) in [6.45, 7) is 25.3. The molecule has 3 aliphatic rings. The van der Waals surface area contributed by atoms with Crippen LogP contribution in [-0.2, 0) is 85.6 Å². The number of benzene rings is 1. The van der Waals surface area contributed by atoms with Crippen LogP contribution in [0.2, 0.25) is 0 Å². The predicted molar refractivity (Wildman–Crippen MR) is 457 cm³/mol. The highest BCUT2D eigenvalue weighted by Crippen LogP contribution is 2.39. The summed E-state index contributed by atoms with van der Waals surface area (Å²) in [6, 6.07) is 7.13. The molecule has 33 nitrogen and oxygen atoms in total. The van der Waals surface area contributed by atoms with Crippen LogP contribution in [0, 0.1) is 29.6 Å². The Bertz CT molecular complexity index is 3870. The molecule has 4 aromatic rings. The smallest absolute Gasteiger partial charge is 0.295 e. The second-order valence-electron chi connectivity index (χ2n) is 31.1. The minimum Gasteiger partial charge on any atom is -0.476 e. The molecule has 7 unspecified atom stereocenters. The van der Waals surface area contributed by atoms with Crippen molar-refractivity contribution in [3.63, 3.8) is 0 Å². The fourth-order valence-corrected chi connectivity index (χ4v) is 14.9. The number of nitrogens with zero attached hydrogens (tertiary/aromatic N) is 9. The molecule has 7 N–H and O–H groups in total. The monoisotopic (exact) mass is 1690 g/mol. The average molecular weight is 1700 g/mol. The molecule has 3 fully saturated rings. The summed E-state index contributed by atoms with van der Waals surface area (Å²) in [5.41, 5.74) is 15.6. The van der Waals surface area contributed by atoms with E-state index in [-0.39, 0.29) is 61.0 Å². The molecule has 0 bridgehead atoms. The number of anilines is 2. The number of fused-ring (bicyclic) bond motifs is 1. The largest absolute Gasteiger partial charge is 0.476 e. The number of piperidine rings is 1. The molecule has 7 rings (SSSR count). The number of rotatable bonds is 64. The zero-order chi connectivity index (χ0) is 87.0. The summed E-state index contributed by atoms with van der Waals surface area (Å²) in [5.74, 6) is -3.04. The molecule has 0 radical (unpaired) electrons. The van der Waals surface area contributed by atoms with Crippen LogP contribution in [0.1, 0.15) is 151 Å². The van der Waals surface area contributed by atoms with Gasteiger partial charge in [-0.25, -0.2) is 19.9 Å². The highest BCUT2D eigenvalue weighted by molar-refractivity contribution is 6.38. The summed E-state index contributed by atoms with van der Waals surface area (Å²) in [7, 11) is 1.60. The van der Waals surface area contributed by atoms with Crippen molar-refractivity contribution in [2.24, 2.45) is 40.3 Å². The molecule has 1 aromatic carbocycles. The first-order valence-corrected chi connectivity index (χ1v) is 42.9. The van der Waals surface area contributed by atoms with Gasteiger partial charge in [0.15, 0.2) is 11.5 Å². The number of hydrogen-bond donors (Lipinski definition) is 5. The minimum atomic E-state index is -2.18. The second-order valence-corrected chi connectivity index (χ2v) is 31.1. The van der Waals surface area contributed by atoms with Crippen LogP contribution in [-0.4, -0.2) is 283 Å². The van der Waals surface area contributed by atoms with Crippen LogP contribution in [0.5, 0.6) is 5.75 Å². The van der Waals surface area contributed by atoms with Gasteiger partial charge < -0.3 is 92.6 Å². The molecule has 672 valence electrons. The fraction of sp³-hybridized carbons (Fsp3) is 0.659. The summed E-state index contributed by atoms with van der Waals surface area (Å²) in [4.78, 5) is 101. The van der Waals surface area contributed by atoms with Crippen LogP contribution >= 0.6 is 0 Å². The Morgan fingerprint density at radius 2 is 1.39 bits per heavy atom. The predicted octanol–water partition coefficient (Wildman–Crippen LogP) is 8.92. The Morgan fingerprint density at radius 3 is 2.01 bits per heavy atom. The topological polar surface area (TPSA) is 415 Å². The van der Waals surface area contributed by atoms with Crippen LogP contribution in [0.3, 0.4) is 0 Å². The zero-order valence-electron chi connectivity index (χ0n) is 72.2. The van der Waals surface area contributed by atoms with E-state index in [4.69, 9.17) is 78.1 Å². The van der Waals surface area contributed by atoms with E-state index < -0.39 is 47.6 Å². The number of aromatic nitrogens is 6. The van der Waals surface area contributed by atoms with Crippen LogP contribution in [0.4, 0.5) is 17.3 Å². The number of methoxy groups -OCH3 is 1. The Kier molecular flexibility index (Phi) is 46.6. The maximum Gasteiger partial charge on any atom is 0.295 e. The van der Waals surface area contributed by atoms with Crippen molar-refractivity contribution in [1.82, 2.24) is 39.9 Å². The van der Waals surface area contributed by atoms with E-state index in [9.17, 15) is 39.0 Å². The van der Waals surface area contributed by atoms with Crippen LogP contribution in [0.25, 0.3) is 28.1 Å². The van der Waals surface area contributed by atoms with E-state index in [1.807, 2.05) is 63.3 Å². The number of likely N-dealkylation sites (tertiary alicyclic amines) is 1. The molecule has 0 spiro atoms. The summed E-state index contributed by atoms with van der Waals surface area (Å²) in [5, 5.41) is 30.7. The number of allylic oxidation sites excluding steroid dienone is 6. The molecule has 2 aliphatic heterocycles. The number of carbonyl (C=O) groups excluding carboxylic acids is 6. The SMILES string of the molecule is C=Nc1cc(-c2nn(-c3cc(N(CCCCOCCOCCOCCOCCOCCOCCOCCOCCOC4CCC(CCC(CC(=O)C(C)/C=C(\C)C(O)CC(=O)C(C)CC(C)/C=C/C=C/C=C(\C)C(CC5CC[C@@H](C)[C@](O)(C(=O)C(=O)N6CCCCC6)O5)OC)OC=O)CC4)CCNC=O)ncn3)c3ncnc(N)c23)ccc1OCN. The van der Waals surface area contributed by atoms with Crippen molar-refractivity contribution < 1.29 is 101 Å². The summed E-state index contributed by atoms with van der Waals surface area (Å²) < 4.78 is 75.8. The zero-order valence-corrected chi connectivity index (χ0v) is 72.2. The van der Waals surface area contributed by atoms with E-state index in [0.717, 1.165) is 69.8 Å². The average Bonchev–Trinajstić information content (AvgIpc) is 1.61. The highest BCUT2D eigenvalue weighted by atomic mass is 16.6. The van der Waals surface area contributed by atoms with E-state index in [0.29, 0.717) is 247 Å². The molecule has 2 saturated heterocycles. The molecule has 121 heavy (non-hydrogen) atoms. The fourth-order valence-electron chi connectivity index (χ4n) is 14.9. The number of aliphatic hydroxyl groups is 2. The van der Waals surface area contributed by atoms with Crippen LogP contribution < -0.4 is 26.4 Å². The van der Waals surface area contributed by atoms with Crippen molar-refractivity contribution in [2.45, 2.75) is 187 Å². The van der Waals surface area contributed by atoms with Gasteiger partial charge in [-0.05, 0) is 152 Å². The number of Topliss-reactive ketones (excluding diaryl/α,β-unsaturated/α-hetero) is 3. The number of carbonyl (C=O) groups is 6. The first kappa shape index (κ1) is 99.8. The number of nitrogens with one attached hydrogen (secondary N) is 1. The van der Waals surface area contributed by atoms with Gasteiger partial charge in [-0.15, -0.1) is 0 Å². The first-order chi connectivity index (χ1) is 58.7. The summed E-state index contributed by atoms with van der Waals surface area (Å²) in [6.07, 6.45) is 24.1. The first-order valence-electron chi connectivity index (χ1n) is 42.9. The van der Waals surface area contributed by atoms with Gasteiger partial charge in [-0.1, -0.05) is 64.2 Å². The lowest BCUT2D eigenvalue weighted by atomic mass is 9.83. The Morgan fingerprint density at radius 1 is 0.752 bits per heavy atom. The van der Waals surface area contributed by atoms with E-state index >= 15 is 0 Å². The molecule has 1 aliphatic carbocycles. The number of unbranched alkanes of at least 4 members (excludes halogenated alkanes) is 1. The molecule has 3 aromatic heterocycles. The lowest BCUT2D eigenvalue weighted by molar-refractivity contribution is -0.265. The van der Waals surface area contributed by atoms with Crippen molar-refractivity contribution in [2.75, 3.05) is 170 Å². The van der Waals surface area contributed by atoms with Gasteiger partial charge in [0.05, 0.1) is 136 Å². The maximum absolute atomic E-state index is 13.4. The Hall–Kier alpha value is -8.26. The summed E-state index contributed by atoms with van der Waals surface area (Å²) >= 11 is 0. The molecule has 2 amide bonds. The molecule has 9 atom stereocenters. The maximum atomic E-state index is 13.4. The second kappa shape index (κ2) is 56.5. The van der Waals surface area contributed by atoms with Gasteiger partial charge in [0.2, 0.25) is 12.2 Å². The van der Waals surface area contributed by atoms with Gasteiger partial charge >= 0.3 is 0 Å². The number of hydrogen-bond acceptors (Lipinski definition) is 30. The van der Waals surface area contributed by atoms with Gasteiger partial charge in [-0.2, -0.15) is 9.78 Å². The molecule has 1 saturated carbocycles. The van der Waals surface area contributed by atoms with E-state index in [1.165, 1.54) is 17.6 Å². The van der Waals surface area contributed by atoms with Crippen molar-refractivity contribution in [3.8, 4) is 22.8 Å². The number of aliphatic hydroxyl groups excluding tert-OH is 1. The molecule has 5 heterocycles. The Balaban J connectivity index is 0.624. The van der Waals surface area contributed by atoms with E-state index in [2.05, 4.69) is 41.9 Å². The van der Waals surface area contributed by atoms with E-state index in [1.54, 1.807) is 50.8 Å². The molecular formula is C88H134N12O21. The van der Waals surface area contributed by atoms with Gasteiger partial charge in [-0.3, -0.25) is 39.5 Å². The van der Waals surface area contributed by atoms with Crippen molar-refractivity contribution in [3.05, 3.63) is 84.5 Å². The molecular weight excluding hydrogens is 1560 g/mol.